The number of nitrogens with zero attached hydrogens (tertiary/aromatic N) is 3. The monoisotopic (exact) mass is 399 g/mol. The Morgan fingerprint density at radius 2 is 1.59 bits per heavy atom. The van der Waals surface area contributed by atoms with E-state index in [0.29, 0.717) is 12.1 Å². The minimum atomic E-state index is -4.33. The molecular formula is C19H21ClF3N3O. The van der Waals surface area contributed by atoms with Crippen molar-refractivity contribution in [1.82, 2.24) is 9.88 Å². The van der Waals surface area contributed by atoms with Crippen molar-refractivity contribution in [3.05, 3.63) is 48.2 Å². The van der Waals surface area contributed by atoms with Gasteiger partial charge >= 0.3 is 6.18 Å². The molecule has 1 aromatic carbocycles. The molecule has 146 valence electrons. The van der Waals surface area contributed by atoms with E-state index in [1.165, 1.54) is 12.1 Å². The van der Waals surface area contributed by atoms with Gasteiger partial charge in [0.15, 0.2) is 0 Å². The van der Waals surface area contributed by atoms with E-state index in [-0.39, 0.29) is 18.2 Å². The van der Waals surface area contributed by atoms with Gasteiger partial charge in [0.25, 0.3) is 0 Å². The molecule has 1 saturated heterocycles. The van der Waals surface area contributed by atoms with Gasteiger partial charge in [-0.2, -0.15) is 13.2 Å². The highest BCUT2D eigenvalue weighted by molar-refractivity contribution is 5.85. The first-order valence-corrected chi connectivity index (χ1v) is 8.43. The van der Waals surface area contributed by atoms with Crippen molar-refractivity contribution in [1.29, 1.82) is 0 Å². The van der Waals surface area contributed by atoms with Crippen LogP contribution in [0.1, 0.15) is 12.5 Å². The molecule has 8 heteroatoms. The molecule has 1 aromatic heterocycles. The summed E-state index contributed by atoms with van der Waals surface area (Å²) >= 11 is 0. The Morgan fingerprint density at radius 1 is 1.00 bits per heavy atom. The van der Waals surface area contributed by atoms with Gasteiger partial charge in [-0.15, -0.1) is 12.4 Å². The summed E-state index contributed by atoms with van der Waals surface area (Å²) in [7, 11) is 0. The number of carbonyl (C=O) groups excluding carboxylic acids is 1. The first kappa shape index (κ1) is 21.2. The molecule has 0 radical (unpaired) electrons. The lowest BCUT2D eigenvalue weighted by Crippen LogP contribution is -2.48. The zero-order chi connectivity index (χ0) is 18.7. The number of piperazine rings is 1. The van der Waals surface area contributed by atoms with Crippen LogP contribution in [-0.2, 0) is 11.0 Å². The lowest BCUT2D eigenvalue weighted by atomic mass is 10.1. The largest absolute Gasteiger partial charge is 0.416 e. The highest BCUT2D eigenvalue weighted by atomic mass is 35.5. The van der Waals surface area contributed by atoms with Crippen LogP contribution in [0, 0.1) is 0 Å². The minimum absolute atomic E-state index is 0. The fraction of sp³-hybridized carbons (Fsp3) is 0.368. The first-order chi connectivity index (χ1) is 12.3. The third-order valence-corrected chi connectivity index (χ3v) is 4.44. The summed E-state index contributed by atoms with van der Waals surface area (Å²) in [4.78, 5) is 19.9. The Balaban J connectivity index is 0.00000261. The molecule has 0 amide bonds. The SMILES string of the molecule is CC(=O)CN1CCN(c2ccc(-c3ccc(C(F)(F)F)cc3)cn2)CC1.Cl. The van der Waals surface area contributed by atoms with Crippen LogP contribution < -0.4 is 4.90 Å². The van der Waals surface area contributed by atoms with Gasteiger partial charge in [0.1, 0.15) is 11.6 Å². The first-order valence-electron chi connectivity index (χ1n) is 8.43. The van der Waals surface area contributed by atoms with Gasteiger partial charge in [-0.25, -0.2) is 4.98 Å². The number of halogens is 4. The van der Waals surface area contributed by atoms with Crippen LogP contribution in [0.25, 0.3) is 11.1 Å². The number of Topliss-reactive ketones (excluding diaryl/α,β-unsaturated/α-hetero) is 1. The van der Waals surface area contributed by atoms with Gasteiger partial charge in [-0.1, -0.05) is 12.1 Å². The van der Waals surface area contributed by atoms with E-state index in [1.54, 1.807) is 13.1 Å². The van der Waals surface area contributed by atoms with E-state index in [4.69, 9.17) is 0 Å². The highest BCUT2D eigenvalue weighted by Gasteiger charge is 2.30. The number of hydrogen-bond donors (Lipinski definition) is 0. The van der Waals surface area contributed by atoms with Crippen LogP contribution in [-0.4, -0.2) is 48.4 Å². The second kappa shape index (κ2) is 8.71. The molecule has 0 N–H and O–H groups in total. The number of pyridine rings is 1. The van der Waals surface area contributed by atoms with E-state index >= 15 is 0 Å². The third-order valence-electron chi connectivity index (χ3n) is 4.44. The Hall–Kier alpha value is -2.12. The van der Waals surface area contributed by atoms with Crippen molar-refractivity contribution < 1.29 is 18.0 Å². The standard InChI is InChI=1S/C19H20F3N3O.ClH/c1-14(26)13-24-8-10-25(11-9-24)18-7-4-16(12-23-18)15-2-5-17(6-3-15)19(20,21)22;/h2-7,12H,8-11,13H2,1H3;1H. The Labute approximate surface area is 162 Å². The number of carbonyl (C=O) groups is 1. The van der Waals surface area contributed by atoms with Crippen molar-refractivity contribution in [2.45, 2.75) is 13.1 Å². The second-order valence-electron chi connectivity index (χ2n) is 6.45. The number of alkyl halides is 3. The van der Waals surface area contributed by atoms with Gasteiger partial charge in [0, 0.05) is 37.9 Å². The number of rotatable bonds is 4. The minimum Gasteiger partial charge on any atom is -0.354 e. The van der Waals surface area contributed by atoms with E-state index in [1.807, 2.05) is 12.1 Å². The molecule has 0 bridgehead atoms. The van der Waals surface area contributed by atoms with E-state index in [0.717, 1.165) is 49.7 Å². The summed E-state index contributed by atoms with van der Waals surface area (Å²) < 4.78 is 37.9. The Morgan fingerprint density at radius 3 is 2.07 bits per heavy atom. The maximum Gasteiger partial charge on any atom is 0.416 e. The second-order valence-corrected chi connectivity index (χ2v) is 6.45. The van der Waals surface area contributed by atoms with Gasteiger partial charge < -0.3 is 4.90 Å². The van der Waals surface area contributed by atoms with E-state index < -0.39 is 11.7 Å². The van der Waals surface area contributed by atoms with Gasteiger partial charge in [-0.3, -0.25) is 9.69 Å². The quantitative estimate of drug-likeness (QED) is 0.781. The number of anilines is 1. The lowest BCUT2D eigenvalue weighted by molar-refractivity contribution is -0.137. The van der Waals surface area contributed by atoms with Crippen LogP contribution in [0.2, 0.25) is 0 Å². The number of benzene rings is 1. The van der Waals surface area contributed by atoms with Crippen molar-refractivity contribution in [3.63, 3.8) is 0 Å². The Kier molecular flexibility index (Phi) is 6.84. The number of aromatic nitrogens is 1. The van der Waals surface area contributed by atoms with Crippen LogP contribution >= 0.6 is 12.4 Å². The molecule has 27 heavy (non-hydrogen) atoms. The molecule has 0 saturated carbocycles. The molecular weight excluding hydrogens is 379 g/mol. The number of hydrogen-bond acceptors (Lipinski definition) is 4. The summed E-state index contributed by atoms with van der Waals surface area (Å²) in [6.07, 6.45) is -2.65. The molecule has 0 atom stereocenters. The molecule has 1 aliphatic heterocycles. The fourth-order valence-corrected chi connectivity index (χ4v) is 3.05. The average molecular weight is 400 g/mol. The van der Waals surface area contributed by atoms with Gasteiger partial charge in [0.2, 0.25) is 0 Å². The van der Waals surface area contributed by atoms with Crippen molar-refractivity contribution in [2.75, 3.05) is 37.6 Å². The third kappa shape index (κ3) is 5.43. The molecule has 0 unspecified atom stereocenters. The van der Waals surface area contributed by atoms with Gasteiger partial charge in [-0.05, 0) is 36.8 Å². The summed E-state index contributed by atoms with van der Waals surface area (Å²) in [5, 5.41) is 0. The topological polar surface area (TPSA) is 36.4 Å². The molecule has 2 heterocycles. The van der Waals surface area contributed by atoms with Crippen molar-refractivity contribution in [2.24, 2.45) is 0 Å². The van der Waals surface area contributed by atoms with Crippen LogP contribution in [0.15, 0.2) is 42.6 Å². The average Bonchev–Trinajstić information content (AvgIpc) is 2.61. The van der Waals surface area contributed by atoms with Crippen LogP contribution in [0.4, 0.5) is 19.0 Å². The zero-order valence-corrected chi connectivity index (χ0v) is 15.7. The molecule has 1 aliphatic rings. The lowest BCUT2D eigenvalue weighted by Gasteiger charge is -2.34. The zero-order valence-electron chi connectivity index (χ0n) is 14.9. The maximum absolute atomic E-state index is 12.6. The summed E-state index contributed by atoms with van der Waals surface area (Å²) in [5.74, 6) is 1.00. The van der Waals surface area contributed by atoms with E-state index in [9.17, 15) is 18.0 Å². The molecule has 2 aromatic rings. The molecule has 1 fully saturated rings. The van der Waals surface area contributed by atoms with E-state index in [2.05, 4.69) is 14.8 Å². The number of ketones is 1. The highest BCUT2D eigenvalue weighted by Crippen LogP contribution is 2.31. The van der Waals surface area contributed by atoms with Crippen molar-refractivity contribution in [3.8, 4) is 11.1 Å². The maximum atomic E-state index is 12.6. The molecule has 4 nitrogen and oxygen atoms in total. The summed E-state index contributed by atoms with van der Waals surface area (Å²) in [5.41, 5.74) is 0.815. The molecule has 0 spiro atoms. The normalized spacial score (nSPS) is 15.3. The predicted molar refractivity (Wildman–Crippen MR) is 101 cm³/mol. The van der Waals surface area contributed by atoms with Crippen LogP contribution in [0.5, 0.6) is 0 Å². The van der Waals surface area contributed by atoms with Gasteiger partial charge in [0.05, 0.1) is 12.1 Å². The molecule has 3 rings (SSSR count). The predicted octanol–water partition coefficient (Wildman–Crippen LogP) is 3.90. The molecule has 0 aliphatic carbocycles. The van der Waals surface area contributed by atoms with Crippen LogP contribution in [0.3, 0.4) is 0 Å². The Bertz CT molecular complexity index is 755. The smallest absolute Gasteiger partial charge is 0.354 e. The van der Waals surface area contributed by atoms with Crippen molar-refractivity contribution >= 4 is 24.0 Å². The summed E-state index contributed by atoms with van der Waals surface area (Å²) in [6, 6.07) is 8.83. The summed E-state index contributed by atoms with van der Waals surface area (Å²) in [6.45, 7) is 5.27. The fourth-order valence-electron chi connectivity index (χ4n) is 3.05.